The van der Waals surface area contributed by atoms with Crippen LogP contribution in [0.3, 0.4) is 0 Å². The lowest BCUT2D eigenvalue weighted by atomic mass is 9.69. The number of urea groups is 1. The molecule has 4 heteroatoms. The summed E-state index contributed by atoms with van der Waals surface area (Å²) in [6.45, 7) is 0.832. The van der Waals surface area contributed by atoms with E-state index < -0.39 is 0 Å². The van der Waals surface area contributed by atoms with Crippen LogP contribution in [0.4, 0.5) is 4.79 Å². The second-order valence-electron chi connectivity index (χ2n) is 9.49. The SMILES string of the molecule is CN(C)[C@]1(c2ccccc2)CC[C@]2(CC1)CN(C1(c3ccccc3)CC1)C(=O)N2. The van der Waals surface area contributed by atoms with Gasteiger partial charge in [0, 0.05) is 12.1 Å². The molecule has 0 atom stereocenters. The van der Waals surface area contributed by atoms with Gasteiger partial charge in [-0.2, -0.15) is 0 Å². The third-order valence-corrected chi connectivity index (χ3v) is 7.83. The molecule has 1 N–H and O–H groups in total. The third-order valence-electron chi connectivity index (χ3n) is 7.83. The smallest absolute Gasteiger partial charge is 0.318 e. The number of nitrogens with one attached hydrogen (secondary N) is 1. The highest BCUT2D eigenvalue weighted by molar-refractivity contribution is 5.79. The maximum Gasteiger partial charge on any atom is 0.318 e. The lowest BCUT2D eigenvalue weighted by Crippen LogP contribution is -2.54. The fourth-order valence-corrected chi connectivity index (χ4v) is 5.80. The lowest BCUT2D eigenvalue weighted by molar-refractivity contribution is 0.0597. The fraction of sp³-hybridized carbons (Fsp3) is 0.480. The monoisotopic (exact) mass is 389 g/mol. The van der Waals surface area contributed by atoms with E-state index in [0.29, 0.717) is 0 Å². The molecule has 0 unspecified atom stereocenters. The minimum atomic E-state index is -0.0876. The van der Waals surface area contributed by atoms with E-state index in [1.165, 1.54) is 11.1 Å². The van der Waals surface area contributed by atoms with Crippen molar-refractivity contribution in [2.24, 2.45) is 0 Å². The Kier molecular flexibility index (Phi) is 4.25. The quantitative estimate of drug-likeness (QED) is 0.837. The molecule has 4 nitrogen and oxygen atoms in total. The molecule has 2 aliphatic carbocycles. The van der Waals surface area contributed by atoms with Crippen LogP contribution < -0.4 is 5.32 Å². The van der Waals surface area contributed by atoms with Gasteiger partial charge in [0.15, 0.2) is 0 Å². The molecule has 1 aliphatic heterocycles. The Balaban J connectivity index is 1.37. The van der Waals surface area contributed by atoms with Crippen LogP contribution in [0.5, 0.6) is 0 Å². The van der Waals surface area contributed by atoms with Crippen molar-refractivity contribution in [2.45, 2.75) is 55.1 Å². The molecule has 2 aromatic carbocycles. The zero-order valence-corrected chi connectivity index (χ0v) is 17.5. The Hall–Kier alpha value is -2.33. The molecule has 2 aromatic rings. The van der Waals surface area contributed by atoms with Gasteiger partial charge < -0.3 is 10.2 Å². The second kappa shape index (κ2) is 6.60. The van der Waals surface area contributed by atoms with Gasteiger partial charge in [-0.3, -0.25) is 4.90 Å². The van der Waals surface area contributed by atoms with Crippen LogP contribution in [0.25, 0.3) is 0 Å². The first kappa shape index (κ1) is 18.7. The molecule has 2 saturated carbocycles. The molecule has 1 saturated heterocycles. The number of nitrogens with zero attached hydrogens (tertiary/aromatic N) is 2. The van der Waals surface area contributed by atoms with Crippen molar-refractivity contribution < 1.29 is 4.79 Å². The van der Waals surface area contributed by atoms with Crippen LogP contribution in [-0.4, -0.2) is 42.0 Å². The summed E-state index contributed by atoms with van der Waals surface area (Å²) in [4.78, 5) is 17.6. The summed E-state index contributed by atoms with van der Waals surface area (Å²) < 4.78 is 0. The van der Waals surface area contributed by atoms with Crippen LogP contribution >= 0.6 is 0 Å². The molecule has 1 heterocycles. The van der Waals surface area contributed by atoms with Gasteiger partial charge in [-0.1, -0.05) is 60.7 Å². The van der Waals surface area contributed by atoms with Crippen LogP contribution in [0.1, 0.15) is 49.7 Å². The van der Waals surface area contributed by atoms with Crippen molar-refractivity contribution in [1.29, 1.82) is 0 Å². The Morgan fingerprint density at radius 3 is 1.86 bits per heavy atom. The Labute approximate surface area is 173 Å². The van der Waals surface area contributed by atoms with E-state index in [4.69, 9.17) is 0 Å². The van der Waals surface area contributed by atoms with E-state index in [0.717, 1.165) is 45.1 Å². The summed E-state index contributed by atoms with van der Waals surface area (Å²) in [7, 11) is 4.39. The molecule has 1 spiro atoms. The zero-order valence-electron chi connectivity index (χ0n) is 17.5. The van der Waals surface area contributed by atoms with Gasteiger partial charge >= 0.3 is 6.03 Å². The van der Waals surface area contributed by atoms with Gasteiger partial charge in [0.05, 0.1) is 11.1 Å². The van der Waals surface area contributed by atoms with Crippen molar-refractivity contribution in [1.82, 2.24) is 15.1 Å². The number of carbonyl (C=O) groups is 1. The number of amides is 2. The maximum absolute atomic E-state index is 13.1. The van der Waals surface area contributed by atoms with Gasteiger partial charge in [0.1, 0.15) is 0 Å². The minimum Gasteiger partial charge on any atom is -0.331 e. The first-order valence-electron chi connectivity index (χ1n) is 10.9. The van der Waals surface area contributed by atoms with Crippen molar-refractivity contribution in [3.63, 3.8) is 0 Å². The van der Waals surface area contributed by atoms with E-state index in [2.05, 4.69) is 89.9 Å². The van der Waals surface area contributed by atoms with Gasteiger partial charge in [0.2, 0.25) is 0 Å². The molecule has 0 bridgehead atoms. The Bertz CT molecular complexity index is 881. The van der Waals surface area contributed by atoms with E-state index in [-0.39, 0.29) is 22.6 Å². The molecule has 0 aromatic heterocycles. The van der Waals surface area contributed by atoms with E-state index in [1.54, 1.807) is 0 Å². The molecule has 3 aliphatic rings. The van der Waals surface area contributed by atoms with Crippen LogP contribution in [0.15, 0.2) is 60.7 Å². The van der Waals surface area contributed by atoms with E-state index in [1.807, 2.05) is 0 Å². The number of hydrogen-bond acceptors (Lipinski definition) is 2. The second-order valence-corrected chi connectivity index (χ2v) is 9.49. The van der Waals surface area contributed by atoms with Crippen molar-refractivity contribution in [3.05, 3.63) is 71.8 Å². The molecular formula is C25H31N3O. The summed E-state index contributed by atoms with van der Waals surface area (Å²) >= 11 is 0. The molecule has 152 valence electrons. The Morgan fingerprint density at radius 1 is 0.793 bits per heavy atom. The predicted octanol–water partition coefficient (Wildman–Crippen LogP) is 4.47. The highest BCUT2D eigenvalue weighted by Crippen LogP contribution is 2.54. The first-order chi connectivity index (χ1) is 14.0. The summed E-state index contributed by atoms with van der Waals surface area (Å²) in [6, 6.07) is 21.6. The average molecular weight is 390 g/mol. The van der Waals surface area contributed by atoms with Gasteiger partial charge in [-0.05, 0) is 63.7 Å². The molecule has 3 fully saturated rings. The maximum atomic E-state index is 13.1. The topological polar surface area (TPSA) is 35.6 Å². The van der Waals surface area contributed by atoms with Gasteiger partial charge in [0.25, 0.3) is 0 Å². The summed E-state index contributed by atoms with van der Waals surface area (Å²) in [5.74, 6) is 0. The van der Waals surface area contributed by atoms with Crippen LogP contribution in [0, 0.1) is 0 Å². The molecule has 0 radical (unpaired) electrons. The summed E-state index contributed by atoms with van der Waals surface area (Å²) in [5, 5.41) is 3.43. The number of hydrogen-bond donors (Lipinski definition) is 1. The van der Waals surface area contributed by atoms with E-state index in [9.17, 15) is 4.79 Å². The molecular weight excluding hydrogens is 358 g/mol. The third kappa shape index (κ3) is 2.88. The minimum absolute atomic E-state index is 0.0569. The van der Waals surface area contributed by atoms with Gasteiger partial charge in [-0.15, -0.1) is 0 Å². The van der Waals surface area contributed by atoms with E-state index >= 15 is 0 Å². The number of benzene rings is 2. The number of rotatable bonds is 4. The van der Waals surface area contributed by atoms with Crippen LogP contribution in [0.2, 0.25) is 0 Å². The molecule has 29 heavy (non-hydrogen) atoms. The van der Waals surface area contributed by atoms with Crippen molar-refractivity contribution >= 4 is 6.03 Å². The largest absolute Gasteiger partial charge is 0.331 e. The predicted molar refractivity (Wildman–Crippen MR) is 116 cm³/mol. The van der Waals surface area contributed by atoms with Crippen molar-refractivity contribution in [3.8, 4) is 0 Å². The zero-order chi connectivity index (χ0) is 20.1. The van der Waals surface area contributed by atoms with Gasteiger partial charge in [-0.25, -0.2) is 4.79 Å². The average Bonchev–Trinajstić information content (AvgIpc) is 3.49. The Morgan fingerprint density at radius 2 is 1.34 bits per heavy atom. The summed E-state index contributed by atoms with van der Waals surface area (Å²) in [5.41, 5.74) is 2.57. The van der Waals surface area contributed by atoms with Crippen molar-refractivity contribution in [2.75, 3.05) is 20.6 Å². The highest BCUT2D eigenvalue weighted by atomic mass is 16.2. The highest BCUT2D eigenvalue weighted by Gasteiger charge is 2.58. The summed E-state index contributed by atoms with van der Waals surface area (Å²) in [6.07, 6.45) is 6.33. The number of carbonyl (C=O) groups excluding carboxylic acids is 1. The first-order valence-corrected chi connectivity index (χ1v) is 10.9. The van der Waals surface area contributed by atoms with Crippen LogP contribution in [-0.2, 0) is 11.1 Å². The molecule has 5 rings (SSSR count). The fourth-order valence-electron chi connectivity index (χ4n) is 5.80. The normalized spacial score (nSPS) is 30.6. The lowest BCUT2D eigenvalue weighted by Gasteiger charge is -2.48. The molecule has 2 amide bonds. The standard InChI is InChI=1S/C25H31N3O/c1-27(2)24(20-9-5-3-6-10-20)15-13-23(14-16-24)19-28(22(29)26-23)25(17-18-25)21-11-7-4-8-12-21/h3-12H,13-19H2,1-2H3,(H,26,29)/t23-,24+.